The number of nitrogens with one attached hydrogen (secondary N) is 1. The number of benzene rings is 2. The van der Waals surface area contributed by atoms with Gasteiger partial charge >= 0.3 is 5.69 Å². The lowest BCUT2D eigenvalue weighted by Crippen LogP contribution is -2.02. The number of hydrogen-bond donors (Lipinski definition) is 1. The molecule has 1 N–H and O–H groups in total. The molecule has 0 saturated carbocycles. The van der Waals surface area contributed by atoms with Gasteiger partial charge in [0.2, 0.25) is 5.75 Å². The molecule has 21 heavy (non-hydrogen) atoms. The summed E-state index contributed by atoms with van der Waals surface area (Å²) in [6, 6.07) is 10.1. The van der Waals surface area contributed by atoms with Gasteiger partial charge in [-0.15, -0.1) is 0 Å². The van der Waals surface area contributed by atoms with Crippen molar-refractivity contribution in [1.29, 1.82) is 0 Å². The zero-order valence-electron chi connectivity index (χ0n) is 11.7. The summed E-state index contributed by atoms with van der Waals surface area (Å²) in [5.74, 6) is 0.736. The van der Waals surface area contributed by atoms with Crippen molar-refractivity contribution in [1.82, 2.24) is 0 Å². The summed E-state index contributed by atoms with van der Waals surface area (Å²) in [4.78, 5) is 10.9. The maximum absolute atomic E-state index is 11.3. The first-order valence-corrected chi connectivity index (χ1v) is 6.86. The van der Waals surface area contributed by atoms with Crippen molar-refractivity contribution in [2.24, 2.45) is 0 Å². The Morgan fingerprint density at radius 2 is 2.05 bits per heavy atom. The van der Waals surface area contributed by atoms with Crippen LogP contribution in [0.5, 0.6) is 11.5 Å². The first-order valence-electron chi connectivity index (χ1n) is 6.48. The molecule has 0 amide bonds. The maximum Gasteiger partial charge on any atom is 0.334 e. The van der Waals surface area contributed by atoms with E-state index >= 15 is 0 Å². The smallest absolute Gasteiger partial charge is 0.334 e. The van der Waals surface area contributed by atoms with Crippen LogP contribution in [0, 0.1) is 17.0 Å². The van der Waals surface area contributed by atoms with Crippen LogP contribution in [0.1, 0.15) is 12.5 Å². The minimum Gasteiger partial charge on any atom is -0.450 e. The molecule has 2 rings (SSSR count). The summed E-state index contributed by atoms with van der Waals surface area (Å²) in [7, 11) is 0. The molecular formula is C15H15ClN2O3. The van der Waals surface area contributed by atoms with Crippen molar-refractivity contribution in [3.05, 3.63) is 57.1 Å². The number of rotatable bonds is 5. The summed E-state index contributed by atoms with van der Waals surface area (Å²) in [5.41, 5.74) is 1.17. The molecule has 0 aliphatic rings. The van der Waals surface area contributed by atoms with Crippen LogP contribution in [0.4, 0.5) is 11.4 Å². The third-order valence-corrected chi connectivity index (χ3v) is 3.14. The van der Waals surface area contributed by atoms with E-state index in [2.05, 4.69) is 5.32 Å². The van der Waals surface area contributed by atoms with E-state index in [1.54, 1.807) is 36.4 Å². The van der Waals surface area contributed by atoms with E-state index in [9.17, 15) is 10.1 Å². The lowest BCUT2D eigenvalue weighted by atomic mass is 10.2. The van der Waals surface area contributed by atoms with E-state index < -0.39 is 4.92 Å². The van der Waals surface area contributed by atoms with Crippen LogP contribution in [-0.4, -0.2) is 11.5 Å². The lowest BCUT2D eigenvalue weighted by molar-refractivity contribution is -0.384. The van der Waals surface area contributed by atoms with Crippen LogP contribution in [0.15, 0.2) is 36.4 Å². The molecule has 0 aromatic heterocycles. The topological polar surface area (TPSA) is 64.4 Å². The zero-order chi connectivity index (χ0) is 15.4. The van der Waals surface area contributed by atoms with E-state index in [4.69, 9.17) is 16.3 Å². The second-order valence-corrected chi connectivity index (χ2v) is 4.89. The maximum atomic E-state index is 11.3. The average molecular weight is 307 g/mol. The van der Waals surface area contributed by atoms with Crippen molar-refractivity contribution in [3.63, 3.8) is 0 Å². The van der Waals surface area contributed by atoms with Gasteiger partial charge in [0.15, 0.2) is 0 Å². The Labute approximate surface area is 127 Å². The summed E-state index contributed by atoms with van der Waals surface area (Å²) < 4.78 is 5.70. The van der Waals surface area contributed by atoms with E-state index in [0.29, 0.717) is 23.0 Å². The van der Waals surface area contributed by atoms with Crippen LogP contribution >= 0.6 is 11.6 Å². The van der Waals surface area contributed by atoms with Gasteiger partial charge in [-0.05, 0) is 49.7 Å². The minimum atomic E-state index is -0.446. The van der Waals surface area contributed by atoms with Crippen LogP contribution in [0.25, 0.3) is 0 Å². The molecule has 2 aromatic carbocycles. The number of aryl methyl sites for hydroxylation is 1. The first kappa shape index (κ1) is 15.1. The third kappa shape index (κ3) is 3.44. The number of hydrogen-bond acceptors (Lipinski definition) is 4. The molecular weight excluding hydrogens is 292 g/mol. The molecule has 0 bridgehead atoms. The molecule has 0 saturated heterocycles. The lowest BCUT2D eigenvalue weighted by Gasteiger charge is -2.11. The monoisotopic (exact) mass is 306 g/mol. The Balaban J connectivity index is 2.43. The summed E-state index contributed by atoms with van der Waals surface area (Å²) >= 11 is 5.89. The van der Waals surface area contributed by atoms with Gasteiger partial charge in [-0.1, -0.05) is 17.7 Å². The third-order valence-electron chi connectivity index (χ3n) is 2.91. The summed E-state index contributed by atoms with van der Waals surface area (Å²) in [6.07, 6.45) is 0. The van der Waals surface area contributed by atoms with Gasteiger partial charge in [0.25, 0.3) is 0 Å². The molecule has 0 fully saturated rings. The predicted molar refractivity (Wildman–Crippen MR) is 83.5 cm³/mol. The Morgan fingerprint density at radius 1 is 1.29 bits per heavy atom. The fraction of sp³-hybridized carbons (Fsp3) is 0.200. The molecule has 2 aromatic rings. The van der Waals surface area contributed by atoms with Gasteiger partial charge in [-0.2, -0.15) is 0 Å². The number of para-hydroxylation sites is 1. The number of halogens is 1. The van der Waals surface area contributed by atoms with Crippen molar-refractivity contribution in [2.75, 3.05) is 11.9 Å². The van der Waals surface area contributed by atoms with Crippen molar-refractivity contribution in [2.45, 2.75) is 13.8 Å². The van der Waals surface area contributed by atoms with Crippen LogP contribution < -0.4 is 10.1 Å². The van der Waals surface area contributed by atoms with Crippen LogP contribution in [-0.2, 0) is 0 Å². The molecule has 0 aliphatic carbocycles. The molecule has 0 radical (unpaired) electrons. The van der Waals surface area contributed by atoms with Gasteiger partial charge in [-0.25, -0.2) is 0 Å². The second-order valence-electron chi connectivity index (χ2n) is 4.45. The molecule has 0 spiro atoms. The second kappa shape index (κ2) is 6.45. The van der Waals surface area contributed by atoms with Crippen molar-refractivity contribution < 1.29 is 9.66 Å². The Morgan fingerprint density at radius 3 is 2.67 bits per heavy atom. The highest BCUT2D eigenvalue weighted by atomic mass is 35.5. The number of nitrogens with zero attached hydrogens (tertiary/aromatic N) is 1. The fourth-order valence-corrected chi connectivity index (χ4v) is 2.20. The SMILES string of the molecule is CCNc1cccc(Oc2ccc(Cl)cc2C)c1[N+](=O)[O-]. The highest BCUT2D eigenvalue weighted by Crippen LogP contribution is 2.38. The van der Waals surface area contributed by atoms with Crippen LogP contribution in [0.3, 0.4) is 0 Å². The minimum absolute atomic E-state index is 0.0753. The Kier molecular flexibility index (Phi) is 4.65. The van der Waals surface area contributed by atoms with Gasteiger partial charge in [0.1, 0.15) is 11.4 Å². The normalized spacial score (nSPS) is 10.2. The van der Waals surface area contributed by atoms with Crippen LogP contribution in [0.2, 0.25) is 5.02 Å². The fourth-order valence-electron chi connectivity index (χ4n) is 1.97. The zero-order valence-corrected chi connectivity index (χ0v) is 12.5. The molecule has 0 aliphatic heterocycles. The van der Waals surface area contributed by atoms with Gasteiger partial charge in [-0.3, -0.25) is 10.1 Å². The largest absolute Gasteiger partial charge is 0.450 e. The predicted octanol–water partition coefficient (Wildman–Crippen LogP) is 4.78. The van der Waals surface area contributed by atoms with Crippen molar-refractivity contribution in [3.8, 4) is 11.5 Å². The van der Waals surface area contributed by atoms with E-state index in [1.807, 2.05) is 13.8 Å². The highest BCUT2D eigenvalue weighted by molar-refractivity contribution is 6.30. The number of nitro benzene ring substituents is 1. The van der Waals surface area contributed by atoms with Crippen molar-refractivity contribution >= 4 is 23.0 Å². The number of nitro groups is 1. The molecule has 0 heterocycles. The average Bonchev–Trinajstić information content (AvgIpc) is 2.42. The molecule has 5 nitrogen and oxygen atoms in total. The summed E-state index contributed by atoms with van der Waals surface area (Å²) in [5, 5.41) is 14.9. The molecule has 0 atom stereocenters. The highest BCUT2D eigenvalue weighted by Gasteiger charge is 2.21. The van der Waals surface area contributed by atoms with E-state index in [-0.39, 0.29) is 11.4 Å². The van der Waals surface area contributed by atoms with Gasteiger partial charge in [0, 0.05) is 11.6 Å². The molecule has 6 heteroatoms. The van der Waals surface area contributed by atoms with Gasteiger partial charge < -0.3 is 10.1 Å². The number of ether oxygens (including phenoxy) is 1. The van der Waals surface area contributed by atoms with Gasteiger partial charge in [0.05, 0.1) is 4.92 Å². The quantitative estimate of drug-likeness (QED) is 0.637. The Bertz CT molecular complexity index is 674. The first-order chi connectivity index (χ1) is 10.0. The summed E-state index contributed by atoms with van der Waals surface area (Å²) in [6.45, 7) is 4.30. The number of anilines is 1. The van der Waals surface area contributed by atoms with E-state index in [0.717, 1.165) is 5.56 Å². The Hall–Kier alpha value is -2.27. The molecule has 0 unspecified atom stereocenters. The van der Waals surface area contributed by atoms with E-state index in [1.165, 1.54) is 0 Å². The molecule has 110 valence electrons. The standard InChI is InChI=1S/C15H15ClN2O3/c1-3-17-12-5-4-6-14(15(12)18(19)20)21-13-8-7-11(16)9-10(13)2/h4-9,17H,3H2,1-2H3.